The molecule has 1 amide bonds. The molecule has 0 aliphatic carbocycles. The summed E-state index contributed by atoms with van der Waals surface area (Å²) in [4.78, 5) is 14.9. The Morgan fingerprint density at radius 3 is 2.19 bits per heavy atom. The Hall–Kier alpha value is -3.36. The van der Waals surface area contributed by atoms with Crippen LogP contribution in [0, 0.1) is 0 Å². The molecular formula is C24H24N2O5S. The lowest BCUT2D eigenvalue weighted by molar-refractivity contribution is 0.0989. The number of carbonyl (C=O) groups excluding carboxylic acids is 1. The van der Waals surface area contributed by atoms with Crippen molar-refractivity contribution in [2.24, 2.45) is 0 Å². The van der Waals surface area contributed by atoms with E-state index in [0.29, 0.717) is 23.6 Å². The number of nitrogens with zero attached hydrogens (tertiary/aromatic N) is 1. The Morgan fingerprint density at radius 1 is 0.938 bits per heavy atom. The maximum Gasteiger partial charge on any atom is 0.258 e. The van der Waals surface area contributed by atoms with Gasteiger partial charge in [0.05, 0.1) is 19.1 Å². The number of fused-ring (bicyclic) bond motifs is 1. The molecule has 0 saturated carbocycles. The molecule has 3 aromatic rings. The van der Waals surface area contributed by atoms with Crippen LogP contribution in [0.5, 0.6) is 11.5 Å². The zero-order valence-electron chi connectivity index (χ0n) is 17.9. The lowest BCUT2D eigenvalue weighted by Gasteiger charge is -2.18. The highest BCUT2D eigenvalue weighted by Crippen LogP contribution is 2.31. The zero-order chi connectivity index (χ0) is 22.7. The van der Waals surface area contributed by atoms with E-state index >= 15 is 0 Å². The molecular weight excluding hydrogens is 428 g/mol. The van der Waals surface area contributed by atoms with Crippen molar-refractivity contribution in [2.45, 2.75) is 17.9 Å². The molecule has 1 heterocycles. The van der Waals surface area contributed by atoms with Crippen LogP contribution in [-0.4, -0.2) is 35.1 Å². The summed E-state index contributed by atoms with van der Waals surface area (Å²) in [5, 5.41) is 0. The van der Waals surface area contributed by atoms with Crippen LogP contribution in [0.4, 0.5) is 5.69 Å². The smallest absolute Gasteiger partial charge is 0.258 e. The number of benzene rings is 3. The lowest BCUT2D eigenvalue weighted by Crippen LogP contribution is -2.29. The van der Waals surface area contributed by atoms with Gasteiger partial charge in [0.15, 0.2) is 0 Å². The van der Waals surface area contributed by atoms with Crippen molar-refractivity contribution in [1.82, 2.24) is 4.72 Å². The molecule has 0 aromatic heterocycles. The molecule has 0 unspecified atom stereocenters. The fourth-order valence-electron chi connectivity index (χ4n) is 3.65. The molecule has 1 aliphatic heterocycles. The Kier molecular flexibility index (Phi) is 6.16. The van der Waals surface area contributed by atoms with Crippen molar-refractivity contribution < 1.29 is 22.7 Å². The highest BCUT2D eigenvalue weighted by Gasteiger charge is 2.26. The number of hydrogen-bond acceptors (Lipinski definition) is 5. The van der Waals surface area contributed by atoms with Crippen LogP contribution in [0.1, 0.15) is 21.5 Å². The molecule has 0 radical (unpaired) electrons. The molecule has 4 rings (SSSR count). The molecule has 8 heteroatoms. The van der Waals surface area contributed by atoms with Gasteiger partial charge in [-0.05, 0) is 72.1 Å². The first-order valence-electron chi connectivity index (χ1n) is 10.1. The number of nitrogens with one attached hydrogen (secondary N) is 1. The minimum atomic E-state index is -3.67. The summed E-state index contributed by atoms with van der Waals surface area (Å²) in [7, 11) is -0.568. The first-order valence-corrected chi connectivity index (χ1v) is 11.6. The second-order valence-corrected chi connectivity index (χ2v) is 9.17. The fourth-order valence-corrected chi connectivity index (χ4v) is 4.67. The molecule has 0 saturated heterocycles. The number of amides is 1. The van der Waals surface area contributed by atoms with Crippen LogP contribution in [-0.2, 0) is 23.0 Å². The summed E-state index contributed by atoms with van der Waals surface area (Å²) < 4.78 is 38.1. The van der Waals surface area contributed by atoms with Crippen LogP contribution >= 0.6 is 0 Å². The number of rotatable bonds is 7. The van der Waals surface area contributed by atoms with Gasteiger partial charge in [-0.15, -0.1) is 0 Å². The van der Waals surface area contributed by atoms with Gasteiger partial charge in [-0.25, -0.2) is 13.1 Å². The Bertz CT molecular complexity index is 1220. The summed E-state index contributed by atoms with van der Waals surface area (Å²) in [5.41, 5.74) is 3.22. The van der Waals surface area contributed by atoms with Gasteiger partial charge in [0.1, 0.15) is 11.5 Å². The van der Waals surface area contributed by atoms with E-state index in [9.17, 15) is 13.2 Å². The predicted molar refractivity (Wildman–Crippen MR) is 122 cm³/mol. The molecule has 1 aliphatic rings. The molecule has 7 nitrogen and oxygen atoms in total. The number of sulfonamides is 1. The number of hydrogen-bond donors (Lipinski definition) is 1. The Morgan fingerprint density at radius 2 is 1.56 bits per heavy atom. The maximum atomic E-state index is 13.0. The first-order chi connectivity index (χ1) is 15.4. The van der Waals surface area contributed by atoms with Gasteiger partial charge >= 0.3 is 0 Å². The van der Waals surface area contributed by atoms with Gasteiger partial charge < -0.3 is 14.4 Å². The first kappa shape index (κ1) is 21.9. The van der Waals surface area contributed by atoms with E-state index in [1.165, 1.54) is 19.2 Å². The number of methoxy groups -OCH3 is 2. The van der Waals surface area contributed by atoms with E-state index in [0.717, 1.165) is 23.2 Å². The number of ether oxygens (including phenoxy) is 2. The molecule has 32 heavy (non-hydrogen) atoms. The molecule has 0 bridgehead atoms. The summed E-state index contributed by atoms with van der Waals surface area (Å²) in [6.45, 7) is 0.702. The molecule has 0 fully saturated rings. The number of anilines is 1. The standard InChI is InChI=1S/C24H24N2O5S/c1-30-20-7-5-19(6-8-20)24(27)26-14-13-18-4-3-17(15-23(18)26)16-25-32(28,29)22-11-9-21(31-2)10-12-22/h3-12,15,25H,13-14,16H2,1-2H3. The largest absolute Gasteiger partial charge is 0.497 e. The zero-order valence-corrected chi connectivity index (χ0v) is 18.7. The monoisotopic (exact) mass is 452 g/mol. The second-order valence-electron chi connectivity index (χ2n) is 7.40. The van der Waals surface area contributed by atoms with E-state index in [1.807, 2.05) is 18.2 Å². The van der Waals surface area contributed by atoms with Crippen molar-refractivity contribution >= 4 is 21.6 Å². The van der Waals surface area contributed by atoms with Gasteiger partial charge in [-0.1, -0.05) is 12.1 Å². The van der Waals surface area contributed by atoms with Crippen molar-refractivity contribution in [3.05, 3.63) is 83.4 Å². The Balaban J connectivity index is 1.50. The average Bonchev–Trinajstić information content (AvgIpc) is 3.25. The normalized spacial score (nSPS) is 13.0. The van der Waals surface area contributed by atoms with Crippen LogP contribution < -0.4 is 19.1 Å². The van der Waals surface area contributed by atoms with Crippen molar-refractivity contribution in [3.8, 4) is 11.5 Å². The van der Waals surface area contributed by atoms with Gasteiger partial charge in [0.25, 0.3) is 5.91 Å². The molecule has 1 N–H and O–H groups in total. The van der Waals surface area contributed by atoms with E-state index in [1.54, 1.807) is 48.4 Å². The van der Waals surface area contributed by atoms with E-state index in [2.05, 4.69) is 4.72 Å². The summed E-state index contributed by atoms with van der Waals surface area (Å²) in [5.74, 6) is 1.18. The second kappa shape index (κ2) is 9.02. The van der Waals surface area contributed by atoms with Crippen LogP contribution in [0.2, 0.25) is 0 Å². The third-order valence-corrected chi connectivity index (χ3v) is 6.88. The van der Waals surface area contributed by atoms with Crippen LogP contribution in [0.25, 0.3) is 0 Å². The van der Waals surface area contributed by atoms with Gasteiger partial charge in [0, 0.05) is 24.3 Å². The van der Waals surface area contributed by atoms with Crippen molar-refractivity contribution in [3.63, 3.8) is 0 Å². The summed E-state index contributed by atoms with van der Waals surface area (Å²) >= 11 is 0. The summed E-state index contributed by atoms with van der Waals surface area (Å²) in [6, 6.07) is 18.9. The van der Waals surface area contributed by atoms with Gasteiger partial charge in [-0.3, -0.25) is 4.79 Å². The molecule has 166 valence electrons. The van der Waals surface area contributed by atoms with Crippen LogP contribution in [0.15, 0.2) is 71.6 Å². The molecule has 0 spiro atoms. The van der Waals surface area contributed by atoms with Crippen molar-refractivity contribution in [2.75, 3.05) is 25.7 Å². The quantitative estimate of drug-likeness (QED) is 0.594. The summed E-state index contributed by atoms with van der Waals surface area (Å²) in [6.07, 6.45) is 0.759. The third kappa shape index (κ3) is 4.46. The van der Waals surface area contributed by atoms with E-state index in [-0.39, 0.29) is 17.3 Å². The van der Waals surface area contributed by atoms with Gasteiger partial charge in [0.2, 0.25) is 10.0 Å². The Labute approximate surface area is 187 Å². The molecule has 0 atom stereocenters. The molecule has 3 aromatic carbocycles. The van der Waals surface area contributed by atoms with E-state index in [4.69, 9.17) is 9.47 Å². The average molecular weight is 453 g/mol. The minimum Gasteiger partial charge on any atom is -0.497 e. The maximum absolute atomic E-state index is 13.0. The van der Waals surface area contributed by atoms with Gasteiger partial charge in [-0.2, -0.15) is 0 Å². The highest BCUT2D eigenvalue weighted by atomic mass is 32.2. The van der Waals surface area contributed by atoms with Crippen molar-refractivity contribution in [1.29, 1.82) is 0 Å². The predicted octanol–water partition coefficient (Wildman–Crippen LogP) is 3.39. The van der Waals surface area contributed by atoms with Crippen LogP contribution in [0.3, 0.4) is 0 Å². The lowest BCUT2D eigenvalue weighted by atomic mass is 10.1. The topological polar surface area (TPSA) is 84.9 Å². The fraction of sp³-hybridized carbons (Fsp3) is 0.208. The number of carbonyl (C=O) groups is 1. The third-order valence-electron chi connectivity index (χ3n) is 5.46. The minimum absolute atomic E-state index is 0.0950. The highest BCUT2D eigenvalue weighted by molar-refractivity contribution is 7.89. The SMILES string of the molecule is COc1ccc(C(=O)N2CCc3ccc(CNS(=O)(=O)c4ccc(OC)cc4)cc32)cc1. The van der Waals surface area contributed by atoms with E-state index < -0.39 is 10.0 Å².